The molecule has 0 amide bonds. The highest BCUT2D eigenvalue weighted by atomic mass is 19.1. The number of aliphatic hydroxyl groups is 1. The van der Waals surface area contributed by atoms with Crippen molar-refractivity contribution in [3.63, 3.8) is 0 Å². The van der Waals surface area contributed by atoms with Gasteiger partial charge >= 0.3 is 0 Å². The Kier molecular flexibility index (Phi) is 3.91. The lowest BCUT2D eigenvalue weighted by Gasteiger charge is -2.16. The first-order valence-electron chi connectivity index (χ1n) is 4.60. The van der Waals surface area contributed by atoms with Crippen molar-refractivity contribution in [3.05, 3.63) is 23.3 Å². The summed E-state index contributed by atoms with van der Waals surface area (Å²) < 4.78 is 22.6. The highest BCUT2D eigenvalue weighted by molar-refractivity contribution is 5.49. The Bertz CT molecular complexity index is 314. The second-order valence-electron chi connectivity index (χ2n) is 3.25. The summed E-state index contributed by atoms with van der Waals surface area (Å²) in [6.07, 6.45) is -1.21. The molecule has 15 heavy (non-hydrogen) atoms. The zero-order chi connectivity index (χ0) is 11.4. The van der Waals surface area contributed by atoms with Gasteiger partial charge in [0.05, 0.1) is 19.8 Å². The number of methoxy groups -OCH3 is 2. The highest BCUT2D eigenvalue weighted by Gasteiger charge is 2.19. The topological polar surface area (TPSA) is 38.7 Å². The van der Waals surface area contributed by atoms with Crippen molar-refractivity contribution in [1.29, 1.82) is 0 Å². The first-order valence-corrected chi connectivity index (χ1v) is 4.60. The lowest BCUT2D eigenvalue weighted by molar-refractivity contribution is 0.135. The molecule has 0 aliphatic heterocycles. The van der Waals surface area contributed by atoms with Gasteiger partial charge in [0.2, 0.25) is 0 Å². The molecule has 0 aromatic heterocycles. The van der Waals surface area contributed by atoms with Gasteiger partial charge in [-0.15, -0.1) is 0 Å². The molecule has 1 N–H and O–H groups in total. The van der Waals surface area contributed by atoms with Crippen molar-refractivity contribution in [2.24, 2.45) is 0 Å². The van der Waals surface area contributed by atoms with E-state index in [0.717, 1.165) is 5.56 Å². The minimum absolute atomic E-state index is 0.355. The molecule has 0 aliphatic rings. The average molecular weight is 214 g/mol. The summed E-state index contributed by atoms with van der Waals surface area (Å²) in [5.41, 5.74) is 1.28. The summed E-state index contributed by atoms with van der Waals surface area (Å²) in [5, 5.41) is 9.51. The van der Waals surface area contributed by atoms with Gasteiger partial charge in [0.1, 0.15) is 24.3 Å². The van der Waals surface area contributed by atoms with Crippen LogP contribution in [0.25, 0.3) is 0 Å². The van der Waals surface area contributed by atoms with Gasteiger partial charge in [-0.1, -0.05) is 0 Å². The maximum absolute atomic E-state index is 12.4. The number of aliphatic hydroxyl groups excluding tert-OH is 1. The zero-order valence-electron chi connectivity index (χ0n) is 9.08. The first kappa shape index (κ1) is 11.8. The van der Waals surface area contributed by atoms with Gasteiger partial charge in [0.25, 0.3) is 0 Å². The van der Waals surface area contributed by atoms with E-state index in [-0.39, 0.29) is 0 Å². The fourth-order valence-corrected chi connectivity index (χ4v) is 1.48. The number of aryl methyl sites for hydroxylation is 1. The third-order valence-electron chi connectivity index (χ3n) is 2.17. The number of halogens is 1. The van der Waals surface area contributed by atoms with Gasteiger partial charge in [-0.2, -0.15) is 0 Å². The third-order valence-corrected chi connectivity index (χ3v) is 2.17. The molecule has 1 unspecified atom stereocenters. The van der Waals surface area contributed by atoms with E-state index in [1.165, 1.54) is 14.2 Å². The lowest BCUT2D eigenvalue weighted by Crippen LogP contribution is -2.05. The van der Waals surface area contributed by atoms with Crippen LogP contribution in [0.5, 0.6) is 11.5 Å². The van der Waals surface area contributed by atoms with E-state index in [2.05, 4.69) is 0 Å². The molecule has 84 valence electrons. The molecule has 1 atom stereocenters. The predicted octanol–water partition coefficient (Wildman–Crippen LogP) is 2.02. The van der Waals surface area contributed by atoms with E-state index < -0.39 is 12.8 Å². The van der Waals surface area contributed by atoms with Gasteiger partial charge in [-0.05, 0) is 24.6 Å². The molecular weight excluding hydrogens is 199 g/mol. The number of ether oxygens (including phenoxy) is 2. The van der Waals surface area contributed by atoms with Gasteiger partial charge in [0.15, 0.2) is 0 Å². The molecule has 1 aromatic carbocycles. The fourth-order valence-electron chi connectivity index (χ4n) is 1.48. The summed E-state index contributed by atoms with van der Waals surface area (Å²) in [4.78, 5) is 0. The van der Waals surface area contributed by atoms with Gasteiger partial charge in [0, 0.05) is 0 Å². The fraction of sp³-hybridized carbons (Fsp3) is 0.455. The number of rotatable bonds is 4. The van der Waals surface area contributed by atoms with E-state index in [9.17, 15) is 9.50 Å². The summed E-state index contributed by atoms with van der Waals surface area (Å²) in [6.45, 7) is 1.01. The Labute approximate surface area is 88.4 Å². The summed E-state index contributed by atoms with van der Waals surface area (Å²) in [6, 6.07) is 3.47. The number of hydrogen-bond donors (Lipinski definition) is 1. The summed E-state index contributed by atoms with van der Waals surface area (Å²) >= 11 is 0. The van der Waals surface area contributed by atoms with Crippen LogP contribution < -0.4 is 9.47 Å². The van der Waals surface area contributed by atoms with Crippen LogP contribution >= 0.6 is 0 Å². The normalized spacial score (nSPS) is 12.3. The van der Waals surface area contributed by atoms with Gasteiger partial charge in [-0.3, -0.25) is 0 Å². The minimum Gasteiger partial charge on any atom is -0.496 e. The molecule has 0 saturated heterocycles. The molecule has 0 bridgehead atoms. The maximum atomic E-state index is 12.4. The molecule has 0 saturated carbocycles. The standard InChI is InChI=1S/C11H15FO3/c1-7-4-9(14-2)11(8(13)6-12)10(5-7)15-3/h4-5,8,13H,6H2,1-3H3. The van der Waals surface area contributed by atoms with Crippen LogP contribution in [-0.2, 0) is 0 Å². The molecule has 4 heteroatoms. The molecule has 0 radical (unpaired) electrons. The molecule has 0 aliphatic carbocycles. The van der Waals surface area contributed by atoms with E-state index in [0.29, 0.717) is 17.1 Å². The predicted molar refractivity (Wildman–Crippen MR) is 55.2 cm³/mol. The van der Waals surface area contributed by atoms with Crippen LogP contribution in [0.2, 0.25) is 0 Å². The third kappa shape index (κ3) is 2.39. The van der Waals surface area contributed by atoms with Crippen molar-refractivity contribution in [1.82, 2.24) is 0 Å². The Morgan fingerprint density at radius 3 is 2.07 bits per heavy atom. The Morgan fingerprint density at radius 1 is 1.27 bits per heavy atom. The van der Waals surface area contributed by atoms with Gasteiger partial charge in [-0.25, -0.2) is 4.39 Å². The molecule has 1 aromatic rings. The molecule has 3 nitrogen and oxygen atoms in total. The second kappa shape index (κ2) is 4.98. The Morgan fingerprint density at radius 2 is 1.73 bits per heavy atom. The quantitative estimate of drug-likeness (QED) is 0.833. The Hall–Kier alpha value is -1.29. The average Bonchev–Trinajstić information content (AvgIpc) is 2.26. The van der Waals surface area contributed by atoms with Crippen LogP contribution in [-0.4, -0.2) is 26.0 Å². The van der Waals surface area contributed by atoms with Crippen molar-refractivity contribution in [2.75, 3.05) is 20.9 Å². The van der Waals surface area contributed by atoms with Crippen molar-refractivity contribution in [3.8, 4) is 11.5 Å². The zero-order valence-corrected chi connectivity index (χ0v) is 9.08. The number of benzene rings is 1. The van der Waals surface area contributed by atoms with Crippen LogP contribution in [0.1, 0.15) is 17.2 Å². The molecule has 0 heterocycles. The van der Waals surface area contributed by atoms with E-state index in [4.69, 9.17) is 9.47 Å². The molecular formula is C11H15FO3. The van der Waals surface area contributed by atoms with E-state index >= 15 is 0 Å². The van der Waals surface area contributed by atoms with Crippen molar-refractivity contribution < 1.29 is 19.0 Å². The first-order chi connectivity index (χ1) is 7.13. The van der Waals surface area contributed by atoms with Gasteiger partial charge < -0.3 is 14.6 Å². The number of hydrogen-bond acceptors (Lipinski definition) is 3. The number of alkyl halides is 1. The monoisotopic (exact) mass is 214 g/mol. The smallest absolute Gasteiger partial charge is 0.128 e. The SMILES string of the molecule is COc1cc(C)cc(OC)c1C(O)CF. The molecule has 0 spiro atoms. The van der Waals surface area contributed by atoms with Crippen LogP contribution in [0.15, 0.2) is 12.1 Å². The van der Waals surface area contributed by atoms with E-state index in [1.807, 2.05) is 6.92 Å². The minimum atomic E-state index is -1.21. The van der Waals surface area contributed by atoms with Crippen LogP contribution in [0.4, 0.5) is 4.39 Å². The maximum Gasteiger partial charge on any atom is 0.128 e. The molecule has 0 fully saturated rings. The van der Waals surface area contributed by atoms with Crippen LogP contribution in [0.3, 0.4) is 0 Å². The van der Waals surface area contributed by atoms with Crippen molar-refractivity contribution in [2.45, 2.75) is 13.0 Å². The summed E-state index contributed by atoms with van der Waals surface area (Å²) in [5.74, 6) is 0.883. The Balaban J connectivity index is 3.30. The van der Waals surface area contributed by atoms with Crippen LogP contribution in [0, 0.1) is 6.92 Å². The van der Waals surface area contributed by atoms with E-state index in [1.54, 1.807) is 12.1 Å². The lowest BCUT2D eigenvalue weighted by atomic mass is 10.0. The second-order valence-corrected chi connectivity index (χ2v) is 3.25. The largest absolute Gasteiger partial charge is 0.496 e. The summed E-state index contributed by atoms with van der Waals surface area (Å²) in [7, 11) is 2.95. The van der Waals surface area contributed by atoms with Crippen molar-refractivity contribution >= 4 is 0 Å². The molecule has 1 rings (SSSR count). The highest BCUT2D eigenvalue weighted by Crippen LogP contribution is 2.35.